The van der Waals surface area contributed by atoms with Gasteiger partial charge in [0.05, 0.1) is 23.2 Å². The molecule has 1 aromatic carbocycles. The number of amides is 1. The Morgan fingerprint density at radius 3 is 2.63 bits per heavy atom. The van der Waals surface area contributed by atoms with Gasteiger partial charge in [0.1, 0.15) is 0 Å². The summed E-state index contributed by atoms with van der Waals surface area (Å²) >= 11 is 0. The number of sulfone groups is 1. The van der Waals surface area contributed by atoms with Gasteiger partial charge in [0.2, 0.25) is 5.91 Å². The van der Waals surface area contributed by atoms with E-state index in [4.69, 9.17) is 4.74 Å². The number of hydrogen-bond donors (Lipinski definition) is 0. The Morgan fingerprint density at radius 2 is 1.90 bits per heavy atom. The molecule has 0 radical (unpaired) electrons. The third-order valence-electron chi connectivity index (χ3n) is 6.10. The quantitative estimate of drug-likeness (QED) is 0.609. The number of esters is 1. The van der Waals surface area contributed by atoms with Crippen molar-refractivity contribution in [2.75, 3.05) is 38.5 Å². The Hall–Kier alpha value is -1.93. The maximum Gasteiger partial charge on any atom is 0.310 e. The Bertz CT molecular complexity index is 827. The van der Waals surface area contributed by atoms with E-state index in [1.807, 2.05) is 6.92 Å². The number of carbonyl (C=O) groups is 2. The second-order valence-corrected chi connectivity index (χ2v) is 10.2. The predicted octanol–water partition coefficient (Wildman–Crippen LogP) is 2.12. The topological polar surface area (TPSA) is 84.0 Å². The second kappa shape index (κ2) is 10.4. The summed E-state index contributed by atoms with van der Waals surface area (Å²) in [5.41, 5.74) is 0. The lowest BCUT2D eigenvalue weighted by Gasteiger charge is -2.37. The van der Waals surface area contributed by atoms with E-state index in [1.54, 1.807) is 35.2 Å². The number of carbonyl (C=O) groups excluding carboxylic acids is 2. The van der Waals surface area contributed by atoms with Gasteiger partial charge in [-0.15, -0.1) is 0 Å². The minimum Gasteiger partial charge on any atom is -0.466 e. The number of likely N-dealkylation sites (tertiary alicyclic amines) is 2. The van der Waals surface area contributed by atoms with E-state index in [2.05, 4.69) is 4.90 Å². The molecule has 0 bridgehead atoms. The predicted molar refractivity (Wildman–Crippen MR) is 114 cm³/mol. The number of hydrogen-bond acceptors (Lipinski definition) is 6. The largest absolute Gasteiger partial charge is 0.466 e. The van der Waals surface area contributed by atoms with Gasteiger partial charge in [0.15, 0.2) is 9.84 Å². The van der Waals surface area contributed by atoms with Crippen molar-refractivity contribution in [3.8, 4) is 0 Å². The fraction of sp³-hybridized carbons (Fsp3) is 0.636. The van der Waals surface area contributed by atoms with Crippen molar-refractivity contribution in [3.05, 3.63) is 30.3 Å². The van der Waals surface area contributed by atoms with Crippen LogP contribution in [0.5, 0.6) is 0 Å². The van der Waals surface area contributed by atoms with Gasteiger partial charge in [-0.2, -0.15) is 0 Å². The van der Waals surface area contributed by atoms with Crippen LogP contribution in [0, 0.1) is 5.92 Å². The molecule has 8 heteroatoms. The van der Waals surface area contributed by atoms with Crippen molar-refractivity contribution in [1.82, 2.24) is 9.80 Å². The first-order valence-electron chi connectivity index (χ1n) is 10.9. The van der Waals surface area contributed by atoms with Crippen LogP contribution in [-0.2, 0) is 24.2 Å². The summed E-state index contributed by atoms with van der Waals surface area (Å²) in [6.07, 6.45) is 3.76. The van der Waals surface area contributed by atoms with Crippen molar-refractivity contribution in [1.29, 1.82) is 0 Å². The number of rotatable bonds is 7. The van der Waals surface area contributed by atoms with Gasteiger partial charge in [-0.1, -0.05) is 18.2 Å². The van der Waals surface area contributed by atoms with Crippen LogP contribution in [0.2, 0.25) is 0 Å². The smallest absolute Gasteiger partial charge is 0.310 e. The van der Waals surface area contributed by atoms with Gasteiger partial charge in [0.25, 0.3) is 0 Å². The summed E-state index contributed by atoms with van der Waals surface area (Å²) in [5, 5.41) is 0. The maximum absolute atomic E-state index is 12.6. The lowest BCUT2D eigenvalue weighted by Crippen LogP contribution is -2.45. The standard InChI is InChI=1S/C22H32N2O5S/c1-2-29-22(26)18-7-6-13-24(17-18)19-10-11-21(25)23(14-12-19)15-16-30(27,28)20-8-4-3-5-9-20/h3-5,8-9,18-19H,2,6-7,10-17H2,1H3/t18-,19-/m1/s1. The van der Waals surface area contributed by atoms with Crippen LogP contribution in [-0.4, -0.2) is 74.7 Å². The third kappa shape index (κ3) is 5.82. The van der Waals surface area contributed by atoms with Crippen LogP contribution in [0.4, 0.5) is 0 Å². The number of ether oxygens (including phenoxy) is 1. The SMILES string of the molecule is CCOC(=O)[C@@H]1CCCN([C@@H]2CCC(=O)N(CCS(=O)(=O)c3ccccc3)CC2)C1. The van der Waals surface area contributed by atoms with Crippen LogP contribution >= 0.6 is 0 Å². The molecule has 2 heterocycles. The average Bonchev–Trinajstić information content (AvgIpc) is 2.95. The zero-order valence-electron chi connectivity index (χ0n) is 17.7. The summed E-state index contributed by atoms with van der Waals surface area (Å²) < 4.78 is 30.3. The Balaban J connectivity index is 1.55. The summed E-state index contributed by atoms with van der Waals surface area (Å²) in [6.45, 7) is 4.59. The Labute approximate surface area is 179 Å². The van der Waals surface area contributed by atoms with Gasteiger partial charge in [-0.25, -0.2) is 8.42 Å². The first kappa shape index (κ1) is 22.7. The normalized spacial score (nSPS) is 23.8. The lowest BCUT2D eigenvalue weighted by molar-refractivity contribution is -0.150. The molecule has 0 N–H and O–H groups in total. The molecule has 0 saturated carbocycles. The zero-order valence-corrected chi connectivity index (χ0v) is 18.5. The molecule has 1 amide bonds. The molecule has 2 atom stereocenters. The zero-order chi connectivity index (χ0) is 21.6. The highest BCUT2D eigenvalue weighted by atomic mass is 32.2. The van der Waals surface area contributed by atoms with E-state index < -0.39 is 9.84 Å². The first-order valence-corrected chi connectivity index (χ1v) is 12.5. The molecule has 2 fully saturated rings. The average molecular weight is 437 g/mol. The lowest BCUT2D eigenvalue weighted by atomic mass is 9.95. The van der Waals surface area contributed by atoms with E-state index >= 15 is 0 Å². The van der Waals surface area contributed by atoms with Gasteiger partial charge in [-0.3, -0.25) is 14.5 Å². The van der Waals surface area contributed by atoms with Crippen LogP contribution in [0.15, 0.2) is 35.2 Å². The highest BCUT2D eigenvalue weighted by molar-refractivity contribution is 7.91. The van der Waals surface area contributed by atoms with E-state index in [9.17, 15) is 18.0 Å². The fourth-order valence-electron chi connectivity index (χ4n) is 4.39. The second-order valence-electron chi connectivity index (χ2n) is 8.08. The number of piperidine rings is 1. The van der Waals surface area contributed by atoms with Crippen molar-refractivity contribution in [2.24, 2.45) is 5.92 Å². The summed E-state index contributed by atoms with van der Waals surface area (Å²) in [5.74, 6) is -0.272. The van der Waals surface area contributed by atoms with Crippen molar-refractivity contribution in [3.63, 3.8) is 0 Å². The fourth-order valence-corrected chi connectivity index (χ4v) is 5.66. The maximum atomic E-state index is 12.6. The molecule has 0 unspecified atom stereocenters. The van der Waals surface area contributed by atoms with Gasteiger partial charge < -0.3 is 9.64 Å². The Morgan fingerprint density at radius 1 is 1.13 bits per heavy atom. The molecule has 0 aromatic heterocycles. The van der Waals surface area contributed by atoms with Crippen LogP contribution in [0.3, 0.4) is 0 Å². The first-order chi connectivity index (χ1) is 14.4. The molecule has 2 saturated heterocycles. The molecule has 2 aliphatic heterocycles. The van der Waals surface area contributed by atoms with Crippen molar-refractivity contribution in [2.45, 2.75) is 50.0 Å². The van der Waals surface area contributed by atoms with E-state index in [0.29, 0.717) is 31.0 Å². The van der Waals surface area contributed by atoms with Crippen LogP contribution in [0.25, 0.3) is 0 Å². The van der Waals surface area contributed by atoms with E-state index in [0.717, 1.165) is 32.2 Å². The van der Waals surface area contributed by atoms with Gasteiger partial charge in [0, 0.05) is 32.1 Å². The number of benzene rings is 1. The molecular formula is C22H32N2O5S. The molecule has 7 nitrogen and oxygen atoms in total. The molecule has 0 aliphatic carbocycles. The molecule has 1 aromatic rings. The molecular weight excluding hydrogens is 404 g/mol. The monoisotopic (exact) mass is 436 g/mol. The van der Waals surface area contributed by atoms with Gasteiger partial charge >= 0.3 is 5.97 Å². The van der Waals surface area contributed by atoms with Crippen LogP contribution in [0.1, 0.15) is 39.0 Å². The summed E-state index contributed by atoms with van der Waals surface area (Å²) in [4.78, 5) is 29.0. The van der Waals surface area contributed by atoms with Gasteiger partial charge in [-0.05, 0) is 51.3 Å². The Kier molecular flexibility index (Phi) is 7.88. The molecule has 0 spiro atoms. The summed E-state index contributed by atoms with van der Waals surface area (Å²) in [7, 11) is -3.41. The highest BCUT2D eigenvalue weighted by Gasteiger charge is 2.33. The molecule has 30 heavy (non-hydrogen) atoms. The van der Waals surface area contributed by atoms with Crippen molar-refractivity contribution >= 4 is 21.7 Å². The molecule has 3 rings (SSSR count). The summed E-state index contributed by atoms with van der Waals surface area (Å²) in [6, 6.07) is 8.61. The minimum atomic E-state index is -3.41. The van der Waals surface area contributed by atoms with E-state index in [1.165, 1.54) is 0 Å². The van der Waals surface area contributed by atoms with E-state index in [-0.39, 0.29) is 36.1 Å². The van der Waals surface area contributed by atoms with Crippen molar-refractivity contribution < 1.29 is 22.7 Å². The van der Waals surface area contributed by atoms with Crippen LogP contribution < -0.4 is 0 Å². The third-order valence-corrected chi connectivity index (χ3v) is 7.81. The minimum absolute atomic E-state index is 0.0136. The highest BCUT2D eigenvalue weighted by Crippen LogP contribution is 2.25. The number of nitrogens with zero attached hydrogens (tertiary/aromatic N) is 2. The molecule has 166 valence electrons. The molecule has 2 aliphatic rings.